The predicted octanol–water partition coefficient (Wildman–Crippen LogP) is 6.62. The minimum absolute atomic E-state index is 0.258. The van der Waals surface area contributed by atoms with Crippen LogP contribution in [0, 0.1) is 0 Å². The second-order valence-electron chi connectivity index (χ2n) is 10.3. The molecule has 0 bridgehead atoms. The molecule has 1 saturated heterocycles. The lowest BCUT2D eigenvalue weighted by Crippen LogP contribution is -2.42. The van der Waals surface area contributed by atoms with E-state index in [1.54, 1.807) is 11.1 Å². The predicted molar refractivity (Wildman–Crippen MR) is 129 cm³/mol. The van der Waals surface area contributed by atoms with Crippen molar-refractivity contribution in [1.82, 2.24) is 9.88 Å². The van der Waals surface area contributed by atoms with Gasteiger partial charge in [0.15, 0.2) is 0 Å². The maximum absolute atomic E-state index is 13.4. The van der Waals surface area contributed by atoms with Crippen LogP contribution in [-0.2, 0) is 9.47 Å². The molecule has 0 saturated carbocycles. The Kier molecular flexibility index (Phi) is 7.30. The molecule has 2 aromatic rings. The SMILES string of the molecule is CC(C)(C)OC(=O)N(c1ccccc1)c1ncccc1[C@@H]1CCCCN1C(=O)OC(C)(C)C. The molecule has 7 heteroatoms. The highest BCUT2D eigenvalue weighted by Crippen LogP contribution is 2.39. The number of aromatic nitrogens is 1. The lowest BCUT2D eigenvalue weighted by atomic mass is 9.95. The van der Waals surface area contributed by atoms with Crippen LogP contribution in [0.25, 0.3) is 0 Å². The summed E-state index contributed by atoms with van der Waals surface area (Å²) >= 11 is 0. The molecule has 1 aliphatic rings. The molecule has 1 atom stereocenters. The minimum atomic E-state index is -0.674. The Morgan fingerprint density at radius 3 is 2.24 bits per heavy atom. The van der Waals surface area contributed by atoms with Gasteiger partial charge in [-0.1, -0.05) is 24.3 Å². The van der Waals surface area contributed by atoms with Crippen molar-refractivity contribution in [2.75, 3.05) is 11.4 Å². The Morgan fingerprint density at radius 1 is 0.939 bits per heavy atom. The van der Waals surface area contributed by atoms with Gasteiger partial charge in [0.1, 0.15) is 17.0 Å². The van der Waals surface area contributed by atoms with E-state index in [2.05, 4.69) is 4.98 Å². The van der Waals surface area contributed by atoms with Crippen molar-refractivity contribution in [1.29, 1.82) is 0 Å². The second-order valence-corrected chi connectivity index (χ2v) is 10.3. The van der Waals surface area contributed by atoms with Crippen LogP contribution in [0.2, 0.25) is 0 Å². The lowest BCUT2D eigenvalue weighted by Gasteiger charge is -2.38. The monoisotopic (exact) mass is 453 g/mol. The van der Waals surface area contributed by atoms with Crippen LogP contribution in [0.15, 0.2) is 48.7 Å². The molecule has 2 heterocycles. The van der Waals surface area contributed by atoms with Gasteiger partial charge in [0.25, 0.3) is 0 Å². The Balaban J connectivity index is 2.06. The molecule has 0 radical (unpaired) electrons. The van der Waals surface area contributed by atoms with Gasteiger partial charge < -0.3 is 14.4 Å². The third-order valence-electron chi connectivity index (χ3n) is 5.11. The number of anilines is 2. The molecule has 0 spiro atoms. The van der Waals surface area contributed by atoms with Crippen molar-refractivity contribution in [2.45, 2.75) is 78.0 Å². The summed E-state index contributed by atoms with van der Waals surface area (Å²) in [5, 5.41) is 0. The quantitative estimate of drug-likeness (QED) is 0.522. The van der Waals surface area contributed by atoms with Gasteiger partial charge in [0, 0.05) is 18.3 Å². The molecule has 1 aromatic heterocycles. The van der Waals surface area contributed by atoms with E-state index < -0.39 is 17.3 Å². The van der Waals surface area contributed by atoms with Crippen LogP contribution >= 0.6 is 0 Å². The van der Waals surface area contributed by atoms with Crippen LogP contribution in [0.5, 0.6) is 0 Å². The first-order chi connectivity index (χ1) is 15.5. The summed E-state index contributed by atoms with van der Waals surface area (Å²) in [6.07, 6.45) is 3.41. The smallest absolute Gasteiger partial charge is 0.420 e. The second kappa shape index (κ2) is 9.81. The molecule has 0 aliphatic carbocycles. The normalized spacial score (nSPS) is 16.8. The zero-order chi connectivity index (χ0) is 24.2. The Bertz CT molecular complexity index is 963. The maximum Gasteiger partial charge on any atom is 0.420 e. The highest BCUT2D eigenvalue weighted by Gasteiger charge is 2.36. The van der Waals surface area contributed by atoms with Gasteiger partial charge in [0.2, 0.25) is 0 Å². The zero-order valence-electron chi connectivity index (χ0n) is 20.5. The van der Waals surface area contributed by atoms with Crippen LogP contribution in [0.4, 0.5) is 21.1 Å². The van der Waals surface area contributed by atoms with Gasteiger partial charge >= 0.3 is 12.2 Å². The number of pyridine rings is 1. The molecule has 3 rings (SSSR count). The zero-order valence-corrected chi connectivity index (χ0v) is 20.5. The van der Waals surface area contributed by atoms with Gasteiger partial charge in [-0.15, -0.1) is 0 Å². The third-order valence-corrected chi connectivity index (χ3v) is 5.11. The number of benzene rings is 1. The van der Waals surface area contributed by atoms with Crippen LogP contribution in [0.1, 0.15) is 72.4 Å². The Hall–Kier alpha value is -3.09. The highest BCUT2D eigenvalue weighted by atomic mass is 16.6. The number of rotatable bonds is 3. The summed E-state index contributed by atoms with van der Waals surface area (Å²) in [4.78, 5) is 34.2. The van der Waals surface area contributed by atoms with Crippen molar-refractivity contribution < 1.29 is 19.1 Å². The van der Waals surface area contributed by atoms with Crippen LogP contribution in [-0.4, -0.2) is 39.8 Å². The van der Waals surface area contributed by atoms with Gasteiger partial charge in [-0.2, -0.15) is 0 Å². The number of carbonyl (C=O) groups excluding carboxylic acids is 2. The summed E-state index contributed by atoms with van der Waals surface area (Å²) in [5.41, 5.74) is 0.166. The average molecular weight is 454 g/mol. The number of amides is 2. The first-order valence-corrected chi connectivity index (χ1v) is 11.5. The first kappa shape index (κ1) is 24.6. The molecule has 2 amide bonds. The molecule has 7 nitrogen and oxygen atoms in total. The van der Waals surface area contributed by atoms with E-state index in [1.165, 1.54) is 4.90 Å². The Morgan fingerprint density at radius 2 is 1.61 bits per heavy atom. The van der Waals surface area contributed by atoms with E-state index in [-0.39, 0.29) is 12.1 Å². The standard InChI is InChI=1S/C26H35N3O4/c1-25(2,3)32-23(30)28-18-11-10-16-21(28)20-15-12-17-27-22(20)29(19-13-8-7-9-14-19)24(31)33-26(4,5)6/h7-9,12-15,17,21H,10-11,16,18H2,1-6H3/t21-/m0/s1. The molecule has 0 N–H and O–H groups in total. The number of para-hydroxylation sites is 1. The number of piperidine rings is 1. The van der Waals surface area contributed by atoms with Crippen molar-refractivity contribution in [3.05, 3.63) is 54.2 Å². The van der Waals surface area contributed by atoms with E-state index >= 15 is 0 Å². The number of hydrogen-bond donors (Lipinski definition) is 0. The van der Waals surface area contributed by atoms with Gasteiger partial charge in [0.05, 0.1) is 11.7 Å². The van der Waals surface area contributed by atoms with Gasteiger partial charge in [-0.05, 0) is 79.0 Å². The summed E-state index contributed by atoms with van der Waals surface area (Å²) in [6.45, 7) is 11.7. The van der Waals surface area contributed by atoms with E-state index in [0.29, 0.717) is 18.1 Å². The maximum atomic E-state index is 13.4. The lowest BCUT2D eigenvalue weighted by molar-refractivity contribution is 0.00956. The summed E-state index contributed by atoms with van der Waals surface area (Å²) < 4.78 is 11.4. The molecule has 1 aliphatic heterocycles. The average Bonchev–Trinajstić information content (AvgIpc) is 2.73. The number of nitrogens with zero attached hydrogens (tertiary/aromatic N) is 3. The summed E-state index contributed by atoms with van der Waals surface area (Å²) in [6, 6.07) is 12.8. The molecule has 1 fully saturated rings. The Labute approximate surface area is 196 Å². The van der Waals surface area contributed by atoms with Crippen molar-refractivity contribution in [3.8, 4) is 0 Å². The van der Waals surface area contributed by atoms with Crippen molar-refractivity contribution >= 4 is 23.7 Å². The molecule has 178 valence electrons. The fourth-order valence-electron chi connectivity index (χ4n) is 3.85. The van der Waals surface area contributed by atoms with E-state index in [1.807, 2.05) is 84.0 Å². The highest BCUT2D eigenvalue weighted by molar-refractivity contribution is 5.96. The third kappa shape index (κ3) is 6.46. The van der Waals surface area contributed by atoms with E-state index in [9.17, 15) is 9.59 Å². The van der Waals surface area contributed by atoms with Crippen molar-refractivity contribution in [3.63, 3.8) is 0 Å². The van der Waals surface area contributed by atoms with Gasteiger partial charge in [-0.3, -0.25) is 0 Å². The van der Waals surface area contributed by atoms with E-state index in [4.69, 9.17) is 9.47 Å². The molecule has 0 unspecified atom stereocenters. The first-order valence-electron chi connectivity index (χ1n) is 11.5. The molecular formula is C26H35N3O4. The number of ether oxygens (including phenoxy) is 2. The van der Waals surface area contributed by atoms with Crippen LogP contribution in [0.3, 0.4) is 0 Å². The van der Waals surface area contributed by atoms with Crippen molar-refractivity contribution in [2.24, 2.45) is 0 Å². The summed E-state index contributed by atoms with van der Waals surface area (Å²) in [7, 11) is 0. The van der Waals surface area contributed by atoms with Crippen LogP contribution < -0.4 is 4.90 Å². The molecular weight excluding hydrogens is 418 g/mol. The summed E-state index contributed by atoms with van der Waals surface area (Å²) in [5.74, 6) is 0.457. The largest absolute Gasteiger partial charge is 0.444 e. The minimum Gasteiger partial charge on any atom is -0.444 e. The van der Waals surface area contributed by atoms with Gasteiger partial charge in [-0.25, -0.2) is 19.5 Å². The fraction of sp³-hybridized carbons (Fsp3) is 0.500. The topological polar surface area (TPSA) is 72.0 Å². The number of hydrogen-bond acceptors (Lipinski definition) is 5. The number of carbonyl (C=O) groups is 2. The van der Waals surface area contributed by atoms with E-state index in [0.717, 1.165) is 24.8 Å². The number of likely N-dealkylation sites (tertiary alicyclic amines) is 1. The molecule has 33 heavy (non-hydrogen) atoms. The fourth-order valence-corrected chi connectivity index (χ4v) is 3.85. The molecule has 1 aromatic carbocycles.